The lowest BCUT2D eigenvalue weighted by molar-refractivity contribution is -0.143. The lowest BCUT2D eigenvalue weighted by Gasteiger charge is -2.20. The highest BCUT2D eigenvalue weighted by molar-refractivity contribution is 7.89. The minimum atomic E-state index is -3.99. The van der Waals surface area contributed by atoms with Crippen molar-refractivity contribution in [1.82, 2.24) is 4.72 Å². The number of esters is 1. The van der Waals surface area contributed by atoms with Crippen LogP contribution in [0.15, 0.2) is 65.6 Å². The van der Waals surface area contributed by atoms with Crippen LogP contribution in [-0.4, -0.2) is 34.7 Å². The van der Waals surface area contributed by atoms with Gasteiger partial charge in [0, 0.05) is 10.8 Å². The van der Waals surface area contributed by atoms with Gasteiger partial charge in [-0.25, -0.2) is 13.1 Å². The lowest BCUT2D eigenvalue weighted by atomic mass is 10.0. The second-order valence-electron chi connectivity index (χ2n) is 7.00. The predicted molar refractivity (Wildman–Crippen MR) is 122 cm³/mol. The van der Waals surface area contributed by atoms with Gasteiger partial charge in [0.15, 0.2) is 0 Å². The number of methoxy groups -OCH3 is 1. The molecule has 0 bridgehead atoms. The smallest absolute Gasteiger partial charge is 0.307 e. The molecule has 0 radical (unpaired) electrons. The topological polar surface area (TPSA) is 90.9 Å². The van der Waals surface area contributed by atoms with E-state index in [2.05, 4.69) is 4.72 Å². The monoisotopic (exact) mass is 457 g/mol. The van der Waals surface area contributed by atoms with Gasteiger partial charge in [-0.1, -0.05) is 36.4 Å². The molecule has 0 saturated carbocycles. The van der Waals surface area contributed by atoms with Crippen molar-refractivity contribution in [1.29, 1.82) is 0 Å². The van der Waals surface area contributed by atoms with Crippen molar-refractivity contribution in [2.75, 3.05) is 20.3 Å². The maximum atomic E-state index is 13.4. The fourth-order valence-electron chi connectivity index (χ4n) is 3.46. The van der Waals surface area contributed by atoms with Gasteiger partial charge in [0.25, 0.3) is 0 Å². The van der Waals surface area contributed by atoms with E-state index in [-0.39, 0.29) is 17.9 Å². The second kappa shape index (κ2) is 10.5. The SMILES string of the molecule is CCOC(=O)C[C@@H](NS(=O)(=O)c1ccc(OCC)c2ccccc12)c1ccc(OC)cc1. The molecule has 0 aliphatic heterocycles. The molecular formula is C24H27NO6S. The number of carbonyl (C=O) groups excluding carboxylic acids is 1. The van der Waals surface area contributed by atoms with Crippen LogP contribution in [0.25, 0.3) is 10.8 Å². The summed E-state index contributed by atoms with van der Waals surface area (Å²) in [5, 5.41) is 1.24. The van der Waals surface area contributed by atoms with Gasteiger partial charge in [-0.05, 0) is 43.7 Å². The van der Waals surface area contributed by atoms with Gasteiger partial charge in [-0.15, -0.1) is 0 Å². The van der Waals surface area contributed by atoms with Crippen molar-refractivity contribution in [2.24, 2.45) is 0 Å². The molecule has 7 nitrogen and oxygen atoms in total. The quantitative estimate of drug-likeness (QED) is 0.459. The van der Waals surface area contributed by atoms with Gasteiger partial charge in [-0.3, -0.25) is 4.79 Å². The van der Waals surface area contributed by atoms with Crippen molar-refractivity contribution < 1.29 is 27.4 Å². The summed E-state index contributed by atoms with van der Waals surface area (Å²) < 4.78 is 45.4. The first-order chi connectivity index (χ1) is 15.4. The fraction of sp³-hybridized carbons (Fsp3) is 0.292. The van der Waals surface area contributed by atoms with Crippen LogP contribution in [0, 0.1) is 0 Å². The van der Waals surface area contributed by atoms with Gasteiger partial charge in [-0.2, -0.15) is 0 Å². The summed E-state index contributed by atoms with van der Waals surface area (Å²) >= 11 is 0. The van der Waals surface area contributed by atoms with Crippen LogP contribution < -0.4 is 14.2 Å². The van der Waals surface area contributed by atoms with Crippen molar-refractivity contribution in [3.63, 3.8) is 0 Å². The minimum Gasteiger partial charge on any atom is -0.497 e. The Balaban J connectivity index is 2.01. The molecule has 1 N–H and O–H groups in total. The number of ether oxygens (including phenoxy) is 3. The molecule has 0 spiro atoms. The van der Waals surface area contributed by atoms with E-state index in [0.29, 0.717) is 34.4 Å². The summed E-state index contributed by atoms with van der Waals surface area (Å²) in [6, 6.07) is 16.4. The highest BCUT2D eigenvalue weighted by atomic mass is 32.2. The third-order valence-corrected chi connectivity index (χ3v) is 6.45. The third kappa shape index (κ3) is 5.38. The van der Waals surface area contributed by atoms with Crippen LogP contribution in [0.3, 0.4) is 0 Å². The van der Waals surface area contributed by atoms with Crippen molar-refractivity contribution in [3.05, 3.63) is 66.2 Å². The maximum absolute atomic E-state index is 13.4. The molecule has 0 heterocycles. The van der Waals surface area contributed by atoms with E-state index in [1.807, 2.05) is 19.1 Å². The molecule has 0 saturated heterocycles. The first kappa shape index (κ1) is 23.6. The molecule has 170 valence electrons. The van der Waals surface area contributed by atoms with Gasteiger partial charge in [0.2, 0.25) is 10.0 Å². The Morgan fingerprint density at radius 3 is 2.25 bits per heavy atom. The van der Waals surface area contributed by atoms with E-state index in [1.54, 1.807) is 56.5 Å². The molecule has 32 heavy (non-hydrogen) atoms. The molecule has 3 rings (SSSR count). The zero-order valence-corrected chi connectivity index (χ0v) is 19.1. The molecular weight excluding hydrogens is 430 g/mol. The summed E-state index contributed by atoms with van der Waals surface area (Å²) in [6.07, 6.45) is -0.144. The van der Waals surface area contributed by atoms with Crippen LogP contribution in [0.2, 0.25) is 0 Å². The Hall–Kier alpha value is -3.10. The zero-order chi connectivity index (χ0) is 23.1. The summed E-state index contributed by atoms with van der Waals surface area (Å²) in [4.78, 5) is 12.3. The standard InChI is InChI=1S/C24H27NO6S/c1-4-30-22-14-15-23(20-9-7-6-8-19(20)22)32(27,28)25-21(16-24(26)31-5-2)17-10-12-18(29-3)13-11-17/h6-15,21,25H,4-5,16H2,1-3H3/t21-/m1/s1. The molecule has 1 atom stereocenters. The summed E-state index contributed by atoms with van der Waals surface area (Å²) in [5.41, 5.74) is 0.623. The van der Waals surface area contributed by atoms with Crippen LogP contribution >= 0.6 is 0 Å². The van der Waals surface area contributed by atoms with Crippen LogP contribution in [0.5, 0.6) is 11.5 Å². The van der Waals surface area contributed by atoms with E-state index in [0.717, 1.165) is 0 Å². The Morgan fingerprint density at radius 1 is 0.938 bits per heavy atom. The molecule has 3 aromatic rings. The molecule has 0 aliphatic rings. The highest BCUT2D eigenvalue weighted by Crippen LogP contribution is 2.32. The first-order valence-electron chi connectivity index (χ1n) is 10.4. The molecule has 0 fully saturated rings. The van der Waals surface area contributed by atoms with E-state index >= 15 is 0 Å². The average Bonchev–Trinajstić information content (AvgIpc) is 2.79. The summed E-state index contributed by atoms with van der Waals surface area (Å²) in [6.45, 7) is 4.25. The second-order valence-corrected chi connectivity index (χ2v) is 8.68. The fourth-order valence-corrected chi connectivity index (χ4v) is 4.90. The molecule has 0 amide bonds. The molecule has 3 aromatic carbocycles. The van der Waals surface area contributed by atoms with E-state index in [9.17, 15) is 13.2 Å². The number of sulfonamides is 1. The Kier molecular flexibility index (Phi) is 7.71. The molecule has 0 unspecified atom stereocenters. The largest absolute Gasteiger partial charge is 0.497 e. The van der Waals surface area contributed by atoms with Gasteiger partial charge in [0.1, 0.15) is 11.5 Å². The Morgan fingerprint density at radius 2 is 1.62 bits per heavy atom. The van der Waals surface area contributed by atoms with Gasteiger partial charge >= 0.3 is 5.97 Å². The van der Waals surface area contributed by atoms with Crippen molar-refractivity contribution in [3.8, 4) is 11.5 Å². The number of fused-ring (bicyclic) bond motifs is 1. The average molecular weight is 458 g/mol. The highest BCUT2D eigenvalue weighted by Gasteiger charge is 2.26. The van der Waals surface area contributed by atoms with E-state index in [1.165, 1.54) is 6.07 Å². The van der Waals surface area contributed by atoms with E-state index < -0.39 is 22.0 Å². The van der Waals surface area contributed by atoms with Gasteiger partial charge in [0.05, 0.1) is 37.7 Å². The number of benzene rings is 3. The number of carbonyl (C=O) groups is 1. The number of nitrogens with one attached hydrogen (secondary N) is 1. The van der Waals surface area contributed by atoms with E-state index in [4.69, 9.17) is 14.2 Å². The summed E-state index contributed by atoms with van der Waals surface area (Å²) in [7, 11) is -2.44. The van der Waals surface area contributed by atoms with Crippen molar-refractivity contribution >= 4 is 26.8 Å². The minimum absolute atomic E-state index is 0.110. The normalized spacial score (nSPS) is 12.3. The zero-order valence-electron chi connectivity index (χ0n) is 18.3. The van der Waals surface area contributed by atoms with Crippen LogP contribution in [0.4, 0.5) is 0 Å². The lowest BCUT2D eigenvalue weighted by Crippen LogP contribution is -2.31. The van der Waals surface area contributed by atoms with Gasteiger partial charge < -0.3 is 14.2 Å². The molecule has 8 heteroatoms. The Labute approximate surface area is 188 Å². The number of rotatable bonds is 10. The third-order valence-electron chi connectivity index (χ3n) is 4.93. The maximum Gasteiger partial charge on any atom is 0.307 e. The predicted octanol–water partition coefficient (Wildman–Crippen LogP) is 4.22. The van der Waals surface area contributed by atoms with Crippen LogP contribution in [-0.2, 0) is 19.6 Å². The number of hydrogen-bond donors (Lipinski definition) is 1. The Bertz CT molecular complexity index is 1170. The molecule has 0 aliphatic carbocycles. The summed E-state index contributed by atoms with van der Waals surface area (Å²) in [5.74, 6) is 0.747. The van der Waals surface area contributed by atoms with Crippen molar-refractivity contribution in [2.45, 2.75) is 31.2 Å². The number of hydrogen-bond acceptors (Lipinski definition) is 6. The van der Waals surface area contributed by atoms with Crippen LogP contribution in [0.1, 0.15) is 31.9 Å². The first-order valence-corrected chi connectivity index (χ1v) is 11.8. The molecule has 0 aromatic heterocycles.